The largest absolute Gasteiger partial charge is 0.506 e. The summed E-state index contributed by atoms with van der Waals surface area (Å²) >= 11 is 0. The predicted octanol–water partition coefficient (Wildman–Crippen LogP) is 1.04. The fourth-order valence-electron chi connectivity index (χ4n) is 0.943. The normalized spacial score (nSPS) is 10.4. The average molecular weight is 134 g/mol. The minimum absolute atomic E-state index is 0.271. The van der Waals surface area contributed by atoms with Gasteiger partial charge in [0, 0.05) is 18.5 Å². The van der Waals surface area contributed by atoms with Crippen LogP contribution in [-0.4, -0.2) is 14.5 Å². The van der Waals surface area contributed by atoms with Gasteiger partial charge in [-0.25, -0.2) is 0 Å². The van der Waals surface area contributed by atoms with Crippen molar-refractivity contribution in [3.8, 4) is 5.75 Å². The fraction of sp³-hybridized carbons (Fsp3) is 0. The van der Waals surface area contributed by atoms with E-state index in [4.69, 9.17) is 5.11 Å². The van der Waals surface area contributed by atoms with Crippen molar-refractivity contribution in [1.29, 1.82) is 0 Å². The van der Waals surface area contributed by atoms with Crippen molar-refractivity contribution in [2.45, 2.75) is 0 Å². The molecular formula is C7H6N2O. The summed E-state index contributed by atoms with van der Waals surface area (Å²) in [5, 5.41) is 9.01. The van der Waals surface area contributed by atoms with E-state index in [1.165, 1.54) is 0 Å². The average Bonchev–Trinajstić information content (AvgIpc) is 2.27. The second kappa shape index (κ2) is 1.73. The van der Waals surface area contributed by atoms with Gasteiger partial charge in [-0.05, 0) is 0 Å². The quantitative estimate of drug-likeness (QED) is 0.584. The molecule has 3 heteroatoms. The van der Waals surface area contributed by atoms with Gasteiger partial charge in [0.05, 0.1) is 17.9 Å². The molecule has 0 aromatic carbocycles. The van der Waals surface area contributed by atoms with Crippen LogP contribution in [0.3, 0.4) is 0 Å². The number of aromatic nitrogens is 2. The van der Waals surface area contributed by atoms with Crippen LogP contribution in [0, 0.1) is 0 Å². The molecule has 0 saturated carbocycles. The Bertz CT molecular complexity index is 320. The Labute approximate surface area is 57.6 Å². The van der Waals surface area contributed by atoms with Gasteiger partial charge in [-0.2, -0.15) is 0 Å². The third kappa shape index (κ3) is 0.639. The maximum atomic E-state index is 9.01. The van der Waals surface area contributed by atoms with Gasteiger partial charge in [0.25, 0.3) is 0 Å². The van der Waals surface area contributed by atoms with E-state index in [0.29, 0.717) is 0 Å². The Kier molecular flexibility index (Phi) is 0.917. The molecule has 0 atom stereocenters. The van der Waals surface area contributed by atoms with E-state index >= 15 is 0 Å². The molecular weight excluding hydrogens is 128 g/mol. The summed E-state index contributed by atoms with van der Waals surface area (Å²) in [4.78, 5) is 3.89. The lowest BCUT2D eigenvalue weighted by Gasteiger charge is -1.87. The summed E-state index contributed by atoms with van der Waals surface area (Å²) in [6.45, 7) is 0. The molecule has 0 radical (unpaired) electrons. The van der Waals surface area contributed by atoms with Gasteiger partial charge >= 0.3 is 0 Å². The van der Waals surface area contributed by atoms with Crippen molar-refractivity contribution < 1.29 is 5.11 Å². The Hall–Kier alpha value is -1.51. The molecule has 0 unspecified atom stereocenters. The number of hydrogen-bond donors (Lipinski definition) is 1. The molecule has 3 nitrogen and oxygen atoms in total. The zero-order valence-electron chi connectivity index (χ0n) is 5.23. The molecule has 2 rings (SSSR count). The van der Waals surface area contributed by atoms with Gasteiger partial charge in [-0.1, -0.05) is 0 Å². The van der Waals surface area contributed by atoms with E-state index in [2.05, 4.69) is 4.98 Å². The van der Waals surface area contributed by atoms with Crippen LogP contribution in [0.2, 0.25) is 0 Å². The molecule has 1 N–H and O–H groups in total. The van der Waals surface area contributed by atoms with Crippen LogP contribution in [0.5, 0.6) is 5.75 Å². The first-order valence-electron chi connectivity index (χ1n) is 2.97. The van der Waals surface area contributed by atoms with Crippen LogP contribution in [-0.2, 0) is 0 Å². The highest BCUT2D eigenvalue weighted by Gasteiger charge is 1.93. The molecule has 2 aromatic heterocycles. The summed E-state index contributed by atoms with van der Waals surface area (Å²) in [7, 11) is 0. The molecule has 0 spiro atoms. The van der Waals surface area contributed by atoms with Gasteiger partial charge in [0.2, 0.25) is 0 Å². The van der Waals surface area contributed by atoms with Crippen molar-refractivity contribution in [2.75, 3.05) is 0 Å². The maximum absolute atomic E-state index is 9.01. The minimum Gasteiger partial charge on any atom is -0.506 e. The SMILES string of the molecule is Oc1cc2cnccn2c1. The lowest BCUT2D eigenvalue weighted by Crippen LogP contribution is -1.79. The zero-order valence-corrected chi connectivity index (χ0v) is 5.23. The third-order valence-corrected chi connectivity index (χ3v) is 1.39. The summed E-state index contributed by atoms with van der Waals surface area (Å²) in [6.07, 6.45) is 6.79. The topological polar surface area (TPSA) is 37.5 Å². The highest BCUT2D eigenvalue weighted by Crippen LogP contribution is 2.12. The van der Waals surface area contributed by atoms with Crippen molar-refractivity contribution in [3.63, 3.8) is 0 Å². The molecule has 0 aliphatic rings. The van der Waals surface area contributed by atoms with Gasteiger partial charge < -0.3 is 9.51 Å². The second-order valence-electron chi connectivity index (χ2n) is 2.11. The van der Waals surface area contributed by atoms with E-state index in [1.807, 2.05) is 4.40 Å². The molecule has 0 aliphatic heterocycles. The van der Waals surface area contributed by atoms with Crippen LogP contribution < -0.4 is 0 Å². The zero-order chi connectivity index (χ0) is 6.97. The first-order chi connectivity index (χ1) is 4.86. The molecule has 10 heavy (non-hydrogen) atoms. The Morgan fingerprint density at radius 2 is 2.40 bits per heavy atom. The number of hydrogen-bond acceptors (Lipinski definition) is 2. The lowest BCUT2D eigenvalue weighted by atomic mass is 10.5. The maximum Gasteiger partial charge on any atom is 0.134 e. The van der Waals surface area contributed by atoms with Crippen molar-refractivity contribution in [2.24, 2.45) is 0 Å². The van der Waals surface area contributed by atoms with Crippen LogP contribution >= 0.6 is 0 Å². The number of fused-ring (bicyclic) bond motifs is 1. The Morgan fingerprint density at radius 3 is 3.20 bits per heavy atom. The first-order valence-corrected chi connectivity index (χ1v) is 2.97. The van der Waals surface area contributed by atoms with Crippen LogP contribution in [0.1, 0.15) is 0 Å². The summed E-state index contributed by atoms with van der Waals surface area (Å²) in [5.41, 5.74) is 0.903. The monoisotopic (exact) mass is 134 g/mol. The third-order valence-electron chi connectivity index (χ3n) is 1.39. The van der Waals surface area contributed by atoms with E-state index in [-0.39, 0.29) is 5.75 Å². The van der Waals surface area contributed by atoms with Crippen molar-refractivity contribution in [1.82, 2.24) is 9.38 Å². The summed E-state index contributed by atoms with van der Waals surface area (Å²) in [5.74, 6) is 0.271. The molecule has 0 bridgehead atoms. The first kappa shape index (κ1) is 5.29. The summed E-state index contributed by atoms with van der Waals surface area (Å²) in [6, 6.07) is 1.66. The van der Waals surface area contributed by atoms with Gasteiger partial charge in [-0.15, -0.1) is 0 Å². The second-order valence-corrected chi connectivity index (χ2v) is 2.11. The van der Waals surface area contributed by atoms with Crippen LogP contribution in [0.15, 0.2) is 30.9 Å². The van der Waals surface area contributed by atoms with E-state index in [1.54, 1.807) is 30.9 Å². The van der Waals surface area contributed by atoms with Crippen LogP contribution in [0.25, 0.3) is 5.52 Å². The number of aromatic hydroxyl groups is 1. The van der Waals surface area contributed by atoms with Crippen molar-refractivity contribution in [3.05, 3.63) is 30.9 Å². The fourth-order valence-corrected chi connectivity index (χ4v) is 0.943. The standard InChI is InChI=1S/C7H6N2O/c10-7-3-6-4-8-1-2-9(6)5-7/h1-5,10H. The van der Waals surface area contributed by atoms with Gasteiger partial charge in [0.1, 0.15) is 5.75 Å². The minimum atomic E-state index is 0.271. The molecule has 0 saturated heterocycles. The van der Waals surface area contributed by atoms with E-state index in [9.17, 15) is 0 Å². The molecule has 50 valence electrons. The van der Waals surface area contributed by atoms with Gasteiger partial charge in [0.15, 0.2) is 0 Å². The highest BCUT2D eigenvalue weighted by atomic mass is 16.3. The highest BCUT2D eigenvalue weighted by molar-refractivity contribution is 5.50. The van der Waals surface area contributed by atoms with Gasteiger partial charge in [-0.3, -0.25) is 4.98 Å². The molecule has 2 aromatic rings. The van der Waals surface area contributed by atoms with Crippen molar-refractivity contribution >= 4 is 5.52 Å². The number of rotatable bonds is 0. The molecule has 2 heterocycles. The smallest absolute Gasteiger partial charge is 0.134 e. The lowest BCUT2D eigenvalue weighted by molar-refractivity contribution is 0.476. The summed E-state index contributed by atoms with van der Waals surface area (Å²) < 4.78 is 1.81. The molecule has 0 fully saturated rings. The van der Waals surface area contributed by atoms with E-state index < -0.39 is 0 Å². The Morgan fingerprint density at radius 1 is 1.50 bits per heavy atom. The molecule has 0 amide bonds. The molecule has 0 aliphatic carbocycles. The predicted molar refractivity (Wildman–Crippen MR) is 36.9 cm³/mol. The Balaban J connectivity index is 2.88. The number of nitrogens with zero attached hydrogens (tertiary/aromatic N) is 2. The van der Waals surface area contributed by atoms with Crippen LogP contribution in [0.4, 0.5) is 0 Å². The van der Waals surface area contributed by atoms with E-state index in [0.717, 1.165) is 5.52 Å².